The van der Waals surface area contributed by atoms with Gasteiger partial charge in [0.1, 0.15) is 11.6 Å². The predicted molar refractivity (Wildman–Crippen MR) is 177 cm³/mol. The molecule has 0 fully saturated rings. The summed E-state index contributed by atoms with van der Waals surface area (Å²) in [5.74, 6) is -1.85. The summed E-state index contributed by atoms with van der Waals surface area (Å²) >= 11 is 6.30. The van der Waals surface area contributed by atoms with Crippen LogP contribution in [-0.4, -0.2) is 73.7 Å². The van der Waals surface area contributed by atoms with Gasteiger partial charge in [0.2, 0.25) is 11.9 Å². The van der Waals surface area contributed by atoms with Crippen molar-refractivity contribution < 1.29 is 32.6 Å². The number of rotatable bonds is 16. The molecule has 0 radical (unpaired) electrons. The Kier molecular flexibility index (Phi) is 12.1. The standard InChI is InChI=1S/C34H33ClF2N6O5/c35-23-6-9-25-26(18-23)32(30-27(36)2-1-3-28(30)37)40-19-22-20-41-34(43-31(22)25)42-24-7-4-21(5-8-24)33(45)39-11-13-47-15-17-48-16-14-46-12-10-29(38)44/h1-9,18,20H,10-17,19H2,(H2,38,44)(H,39,45)(H,41,42,43). The van der Waals surface area contributed by atoms with Crippen LogP contribution in [0.5, 0.6) is 0 Å². The van der Waals surface area contributed by atoms with E-state index < -0.39 is 17.5 Å². The number of aromatic nitrogens is 2. The maximum atomic E-state index is 14.8. The third-order valence-corrected chi connectivity index (χ3v) is 7.37. The highest BCUT2D eigenvalue weighted by molar-refractivity contribution is 6.31. The first-order chi connectivity index (χ1) is 23.3. The van der Waals surface area contributed by atoms with Gasteiger partial charge in [-0.15, -0.1) is 0 Å². The number of aliphatic imine (C=N–C) groups is 1. The molecule has 2 amide bonds. The van der Waals surface area contributed by atoms with Crippen LogP contribution < -0.4 is 16.4 Å². The molecule has 0 unspecified atom stereocenters. The van der Waals surface area contributed by atoms with Gasteiger partial charge >= 0.3 is 0 Å². The molecule has 14 heteroatoms. The van der Waals surface area contributed by atoms with Crippen molar-refractivity contribution in [1.29, 1.82) is 0 Å². The van der Waals surface area contributed by atoms with E-state index in [0.29, 0.717) is 78.2 Å². The van der Waals surface area contributed by atoms with Crippen molar-refractivity contribution in [1.82, 2.24) is 15.3 Å². The molecule has 0 atom stereocenters. The number of ether oxygens (including phenoxy) is 3. The third-order valence-electron chi connectivity index (χ3n) is 7.14. The Morgan fingerprint density at radius 2 is 1.56 bits per heavy atom. The van der Waals surface area contributed by atoms with Crippen LogP contribution in [0.4, 0.5) is 20.4 Å². The molecule has 0 saturated heterocycles. The van der Waals surface area contributed by atoms with Gasteiger partial charge in [-0.05, 0) is 48.5 Å². The first-order valence-electron chi connectivity index (χ1n) is 15.1. The van der Waals surface area contributed by atoms with Crippen LogP contribution in [0, 0.1) is 11.6 Å². The number of hydrogen-bond donors (Lipinski definition) is 3. The van der Waals surface area contributed by atoms with Gasteiger partial charge in [0.15, 0.2) is 0 Å². The fourth-order valence-corrected chi connectivity index (χ4v) is 4.98. The van der Waals surface area contributed by atoms with Gasteiger partial charge in [0.25, 0.3) is 5.91 Å². The maximum Gasteiger partial charge on any atom is 0.251 e. The summed E-state index contributed by atoms with van der Waals surface area (Å²) in [5, 5.41) is 6.33. The first-order valence-corrected chi connectivity index (χ1v) is 15.5. The molecule has 4 N–H and O–H groups in total. The van der Waals surface area contributed by atoms with E-state index in [4.69, 9.17) is 36.5 Å². The van der Waals surface area contributed by atoms with Crippen LogP contribution in [-0.2, 0) is 25.5 Å². The highest BCUT2D eigenvalue weighted by atomic mass is 35.5. The van der Waals surface area contributed by atoms with Crippen molar-refractivity contribution in [2.75, 3.05) is 51.5 Å². The van der Waals surface area contributed by atoms with Crippen molar-refractivity contribution in [2.45, 2.75) is 13.0 Å². The van der Waals surface area contributed by atoms with Gasteiger partial charge in [-0.3, -0.25) is 14.6 Å². The predicted octanol–water partition coefficient (Wildman–Crippen LogP) is 4.82. The Morgan fingerprint density at radius 3 is 2.27 bits per heavy atom. The van der Waals surface area contributed by atoms with Crippen LogP contribution >= 0.6 is 11.6 Å². The summed E-state index contributed by atoms with van der Waals surface area (Å²) in [7, 11) is 0. The molecular formula is C34H33ClF2N6O5. The minimum Gasteiger partial charge on any atom is -0.379 e. The van der Waals surface area contributed by atoms with Crippen LogP contribution in [0.25, 0.3) is 11.3 Å². The van der Waals surface area contributed by atoms with Crippen LogP contribution in [0.15, 0.2) is 71.9 Å². The summed E-state index contributed by atoms with van der Waals surface area (Å²) in [6.45, 7) is 2.48. The number of hydrogen-bond acceptors (Lipinski definition) is 9. The second kappa shape index (κ2) is 16.8. The molecule has 5 rings (SSSR count). The van der Waals surface area contributed by atoms with E-state index in [9.17, 15) is 18.4 Å². The van der Waals surface area contributed by atoms with E-state index in [1.54, 1.807) is 48.7 Å². The monoisotopic (exact) mass is 678 g/mol. The number of carbonyl (C=O) groups excluding carboxylic acids is 2. The van der Waals surface area contributed by atoms with E-state index in [-0.39, 0.29) is 42.7 Å². The van der Waals surface area contributed by atoms with E-state index in [1.165, 1.54) is 18.2 Å². The van der Waals surface area contributed by atoms with Gasteiger partial charge in [-0.1, -0.05) is 23.7 Å². The Labute approximate surface area is 280 Å². The fraction of sp³-hybridized carbons (Fsp3) is 0.265. The Bertz CT molecular complexity index is 1770. The molecule has 1 aromatic heterocycles. The molecule has 1 aliphatic heterocycles. The molecule has 0 bridgehead atoms. The number of primary amides is 1. The Balaban J connectivity index is 1.14. The lowest BCUT2D eigenvalue weighted by molar-refractivity contribution is -0.119. The first kappa shape index (κ1) is 34.5. The van der Waals surface area contributed by atoms with Crippen molar-refractivity contribution in [3.05, 3.63) is 106 Å². The number of benzene rings is 3. The van der Waals surface area contributed by atoms with E-state index in [0.717, 1.165) is 0 Å². The minimum atomic E-state index is -0.732. The SMILES string of the molecule is NC(=O)CCOCCOCCOCCNC(=O)c1ccc(Nc2ncc3c(n2)-c2ccc(Cl)cc2C(c2c(F)cccc2F)=NC3)cc1. The molecule has 2 heterocycles. The summed E-state index contributed by atoms with van der Waals surface area (Å²) in [5.41, 5.74) is 8.30. The summed E-state index contributed by atoms with van der Waals surface area (Å²) < 4.78 is 45.7. The quantitative estimate of drug-likeness (QED) is 0.143. The summed E-state index contributed by atoms with van der Waals surface area (Å²) in [4.78, 5) is 36.9. The number of amides is 2. The second-order valence-electron chi connectivity index (χ2n) is 10.5. The lowest BCUT2D eigenvalue weighted by Crippen LogP contribution is -2.27. The zero-order valence-electron chi connectivity index (χ0n) is 25.8. The van der Waals surface area contributed by atoms with Crippen molar-refractivity contribution in [3.8, 4) is 11.3 Å². The summed E-state index contributed by atoms with van der Waals surface area (Å²) in [6, 6.07) is 15.5. The van der Waals surface area contributed by atoms with Crippen molar-refractivity contribution in [2.24, 2.45) is 10.7 Å². The number of nitrogens with one attached hydrogen (secondary N) is 2. The van der Waals surface area contributed by atoms with E-state index in [1.807, 2.05) is 0 Å². The van der Waals surface area contributed by atoms with Crippen molar-refractivity contribution in [3.63, 3.8) is 0 Å². The normalized spacial score (nSPS) is 12.0. The highest BCUT2D eigenvalue weighted by Crippen LogP contribution is 2.34. The van der Waals surface area contributed by atoms with Crippen LogP contribution in [0.2, 0.25) is 5.02 Å². The molecule has 3 aromatic carbocycles. The molecule has 0 aliphatic carbocycles. The van der Waals surface area contributed by atoms with Gasteiger partial charge in [-0.2, -0.15) is 0 Å². The molecule has 250 valence electrons. The topological polar surface area (TPSA) is 150 Å². The van der Waals surface area contributed by atoms with Gasteiger partial charge in [-0.25, -0.2) is 18.7 Å². The summed E-state index contributed by atoms with van der Waals surface area (Å²) in [6.07, 6.45) is 1.79. The van der Waals surface area contributed by atoms with Crippen molar-refractivity contribution >= 4 is 40.8 Å². The number of halogens is 3. The Hall–Kier alpha value is -4.82. The molecule has 1 aliphatic rings. The molecule has 4 aromatic rings. The smallest absolute Gasteiger partial charge is 0.251 e. The Morgan fingerprint density at radius 1 is 0.875 bits per heavy atom. The van der Waals surface area contributed by atoms with Crippen LogP contribution in [0.3, 0.4) is 0 Å². The van der Waals surface area contributed by atoms with Gasteiger partial charge < -0.3 is 30.6 Å². The highest BCUT2D eigenvalue weighted by Gasteiger charge is 2.25. The van der Waals surface area contributed by atoms with E-state index >= 15 is 0 Å². The number of anilines is 2. The average Bonchev–Trinajstić information content (AvgIpc) is 3.21. The third kappa shape index (κ3) is 9.16. The number of carbonyl (C=O) groups is 2. The number of nitrogens with zero attached hydrogens (tertiary/aromatic N) is 3. The van der Waals surface area contributed by atoms with Crippen LogP contribution in [0.1, 0.15) is 33.5 Å². The number of fused-ring (bicyclic) bond motifs is 3. The van der Waals surface area contributed by atoms with E-state index in [2.05, 4.69) is 20.6 Å². The fourth-order valence-electron chi connectivity index (χ4n) is 4.81. The largest absolute Gasteiger partial charge is 0.379 e. The number of nitrogens with two attached hydrogens (primary N) is 1. The molecule has 0 spiro atoms. The molecule has 0 saturated carbocycles. The molecule has 48 heavy (non-hydrogen) atoms. The maximum absolute atomic E-state index is 14.8. The lowest BCUT2D eigenvalue weighted by Gasteiger charge is -2.13. The molecular weight excluding hydrogens is 646 g/mol. The lowest BCUT2D eigenvalue weighted by atomic mass is 9.95. The van der Waals surface area contributed by atoms with Gasteiger partial charge in [0, 0.05) is 52.1 Å². The average molecular weight is 679 g/mol. The van der Waals surface area contributed by atoms with Gasteiger partial charge in [0.05, 0.1) is 63.2 Å². The molecule has 11 nitrogen and oxygen atoms in total. The second-order valence-corrected chi connectivity index (χ2v) is 11.0. The zero-order valence-corrected chi connectivity index (χ0v) is 26.6. The zero-order chi connectivity index (χ0) is 33.9. The minimum absolute atomic E-state index is 0.101.